The van der Waals surface area contributed by atoms with Gasteiger partial charge >= 0.3 is 0 Å². The van der Waals surface area contributed by atoms with Gasteiger partial charge in [-0.15, -0.1) is 0 Å². The lowest BCUT2D eigenvalue weighted by Crippen LogP contribution is -2.24. The first-order valence-corrected chi connectivity index (χ1v) is 4.96. The Morgan fingerprint density at radius 1 is 1.42 bits per heavy atom. The number of rotatable bonds is 0. The Labute approximate surface area is 74.5 Å². The summed E-state index contributed by atoms with van der Waals surface area (Å²) in [6, 6.07) is 0. The molecule has 2 rings (SSSR count). The average Bonchev–Trinajstić information content (AvgIpc) is 2.25. The number of hydrogen-bond donors (Lipinski definition) is 1. The van der Waals surface area contributed by atoms with E-state index in [9.17, 15) is 5.11 Å². The molecule has 1 fully saturated rings. The first kappa shape index (κ1) is 8.31. The van der Waals surface area contributed by atoms with E-state index < -0.39 is 0 Å². The number of aliphatic hydroxyl groups excluding tert-OH is 1. The van der Waals surface area contributed by atoms with E-state index in [0.717, 1.165) is 12.3 Å². The second-order valence-electron chi connectivity index (χ2n) is 4.95. The van der Waals surface area contributed by atoms with E-state index in [1.54, 1.807) is 0 Å². The van der Waals surface area contributed by atoms with Crippen molar-refractivity contribution in [1.82, 2.24) is 0 Å². The molecule has 0 unspecified atom stereocenters. The van der Waals surface area contributed by atoms with Gasteiger partial charge in [0.25, 0.3) is 0 Å². The second kappa shape index (κ2) is 2.59. The van der Waals surface area contributed by atoms with Crippen molar-refractivity contribution in [1.29, 1.82) is 0 Å². The number of hydrogen-bond acceptors (Lipinski definition) is 1. The molecule has 3 atom stereocenters. The van der Waals surface area contributed by atoms with Crippen LogP contribution in [-0.2, 0) is 0 Å². The monoisotopic (exact) mass is 166 g/mol. The molecule has 0 aromatic rings. The summed E-state index contributed by atoms with van der Waals surface area (Å²) in [5.41, 5.74) is 0.356. The number of allylic oxidation sites excluding steroid dienone is 1. The number of fused-ring (bicyclic) bond motifs is 1. The van der Waals surface area contributed by atoms with E-state index in [1.807, 2.05) is 0 Å². The van der Waals surface area contributed by atoms with Gasteiger partial charge in [0.15, 0.2) is 0 Å². The Balaban J connectivity index is 2.25. The predicted molar refractivity (Wildman–Crippen MR) is 49.8 cm³/mol. The zero-order valence-electron chi connectivity index (χ0n) is 7.96. The van der Waals surface area contributed by atoms with Gasteiger partial charge in [0.2, 0.25) is 0 Å². The Bertz CT molecular complexity index is 205. The first-order valence-electron chi connectivity index (χ1n) is 4.96. The molecule has 2 aliphatic rings. The lowest BCUT2D eigenvalue weighted by atomic mass is 9.74. The van der Waals surface area contributed by atoms with Crippen LogP contribution in [0.4, 0.5) is 0 Å². The van der Waals surface area contributed by atoms with Crippen LogP contribution >= 0.6 is 0 Å². The van der Waals surface area contributed by atoms with Crippen molar-refractivity contribution < 1.29 is 5.11 Å². The van der Waals surface area contributed by atoms with Crippen LogP contribution in [0.2, 0.25) is 0 Å². The molecule has 1 saturated carbocycles. The molecule has 0 saturated heterocycles. The standard InChI is InChI=1S/C11H18O/c1-11(2)7-10(12)8-5-3-4-6-9(8)11/h3,5,8-10,12H,4,6-7H2,1-2H3/t8-,9-,10+/m0/s1. The maximum absolute atomic E-state index is 9.81. The van der Waals surface area contributed by atoms with Crippen molar-refractivity contribution in [3.63, 3.8) is 0 Å². The van der Waals surface area contributed by atoms with Crippen LogP contribution in [0.1, 0.15) is 33.1 Å². The molecule has 1 nitrogen and oxygen atoms in total. The summed E-state index contributed by atoms with van der Waals surface area (Å²) in [4.78, 5) is 0. The molecule has 0 radical (unpaired) electrons. The minimum Gasteiger partial charge on any atom is -0.392 e. The van der Waals surface area contributed by atoms with E-state index in [-0.39, 0.29) is 6.10 Å². The SMILES string of the molecule is CC1(C)C[C@@H](O)[C@H]2C=CCC[C@@H]21. The Morgan fingerprint density at radius 3 is 2.83 bits per heavy atom. The molecule has 2 aliphatic carbocycles. The van der Waals surface area contributed by atoms with Gasteiger partial charge in [-0.1, -0.05) is 26.0 Å². The van der Waals surface area contributed by atoms with Gasteiger partial charge < -0.3 is 5.11 Å². The van der Waals surface area contributed by atoms with Crippen LogP contribution < -0.4 is 0 Å². The summed E-state index contributed by atoms with van der Waals surface area (Å²) < 4.78 is 0. The number of aliphatic hydroxyl groups is 1. The van der Waals surface area contributed by atoms with Gasteiger partial charge in [-0.2, -0.15) is 0 Å². The normalized spacial score (nSPS) is 44.4. The Kier molecular flexibility index (Phi) is 1.80. The van der Waals surface area contributed by atoms with Crippen LogP contribution in [0.25, 0.3) is 0 Å². The van der Waals surface area contributed by atoms with Crippen molar-refractivity contribution in [3.05, 3.63) is 12.2 Å². The zero-order chi connectivity index (χ0) is 8.77. The van der Waals surface area contributed by atoms with Gasteiger partial charge in [0, 0.05) is 5.92 Å². The highest BCUT2D eigenvalue weighted by Crippen LogP contribution is 2.50. The largest absolute Gasteiger partial charge is 0.392 e. The molecular formula is C11H18O. The Hall–Kier alpha value is -0.300. The molecule has 1 N–H and O–H groups in total. The van der Waals surface area contributed by atoms with Crippen molar-refractivity contribution in [2.24, 2.45) is 17.3 Å². The molecule has 0 aliphatic heterocycles. The van der Waals surface area contributed by atoms with Gasteiger partial charge in [0.05, 0.1) is 6.10 Å². The third-order valence-electron chi connectivity index (χ3n) is 3.65. The molecule has 12 heavy (non-hydrogen) atoms. The second-order valence-corrected chi connectivity index (χ2v) is 4.95. The minimum atomic E-state index is -0.0819. The van der Waals surface area contributed by atoms with Crippen molar-refractivity contribution in [2.45, 2.75) is 39.2 Å². The van der Waals surface area contributed by atoms with Crippen LogP contribution in [0.15, 0.2) is 12.2 Å². The predicted octanol–water partition coefficient (Wildman–Crippen LogP) is 2.36. The first-order chi connectivity index (χ1) is 5.61. The van der Waals surface area contributed by atoms with Crippen molar-refractivity contribution in [2.75, 3.05) is 0 Å². The third kappa shape index (κ3) is 1.11. The average molecular weight is 166 g/mol. The van der Waals surface area contributed by atoms with E-state index in [2.05, 4.69) is 26.0 Å². The zero-order valence-corrected chi connectivity index (χ0v) is 7.96. The lowest BCUT2D eigenvalue weighted by molar-refractivity contribution is 0.138. The van der Waals surface area contributed by atoms with Gasteiger partial charge in [-0.25, -0.2) is 0 Å². The van der Waals surface area contributed by atoms with Gasteiger partial charge in [-0.05, 0) is 30.6 Å². The smallest absolute Gasteiger partial charge is 0.0610 e. The van der Waals surface area contributed by atoms with E-state index in [1.165, 1.54) is 12.8 Å². The molecule has 1 heteroatoms. The minimum absolute atomic E-state index is 0.0819. The summed E-state index contributed by atoms with van der Waals surface area (Å²) in [6.07, 6.45) is 7.83. The molecule has 0 spiro atoms. The van der Waals surface area contributed by atoms with Crippen LogP contribution in [0, 0.1) is 17.3 Å². The van der Waals surface area contributed by atoms with Gasteiger partial charge in [-0.3, -0.25) is 0 Å². The van der Waals surface area contributed by atoms with Crippen molar-refractivity contribution >= 4 is 0 Å². The molecule has 0 aromatic carbocycles. The maximum atomic E-state index is 9.81. The molecule has 68 valence electrons. The summed E-state index contributed by atoms with van der Waals surface area (Å²) in [5, 5.41) is 9.81. The summed E-state index contributed by atoms with van der Waals surface area (Å²) in [5.74, 6) is 1.17. The highest BCUT2D eigenvalue weighted by Gasteiger charge is 2.46. The summed E-state index contributed by atoms with van der Waals surface area (Å²) >= 11 is 0. The van der Waals surface area contributed by atoms with Crippen LogP contribution in [-0.4, -0.2) is 11.2 Å². The fourth-order valence-electron chi connectivity index (χ4n) is 2.99. The fourth-order valence-corrected chi connectivity index (χ4v) is 2.99. The topological polar surface area (TPSA) is 20.2 Å². The maximum Gasteiger partial charge on any atom is 0.0610 e. The van der Waals surface area contributed by atoms with E-state index in [4.69, 9.17) is 0 Å². The molecule has 0 bridgehead atoms. The summed E-state index contributed by atoms with van der Waals surface area (Å²) in [6.45, 7) is 4.58. The quantitative estimate of drug-likeness (QED) is 0.548. The van der Waals surface area contributed by atoms with Crippen LogP contribution in [0.3, 0.4) is 0 Å². The lowest BCUT2D eigenvalue weighted by Gasteiger charge is -2.31. The molecule has 0 heterocycles. The van der Waals surface area contributed by atoms with Crippen LogP contribution in [0.5, 0.6) is 0 Å². The Morgan fingerprint density at radius 2 is 2.17 bits per heavy atom. The fraction of sp³-hybridized carbons (Fsp3) is 0.818. The highest BCUT2D eigenvalue weighted by atomic mass is 16.3. The van der Waals surface area contributed by atoms with Gasteiger partial charge in [0.1, 0.15) is 0 Å². The van der Waals surface area contributed by atoms with E-state index in [0.29, 0.717) is 11.3 Å². The van der Waals surface area contributed by atoms with Crippen molar-refractivity contribution in [3.8, 4) is 0 Å². The highest BCUT2D eigenvalue weighted by molar-refractivity contribution is 5.08. The third-order valence-corrected chi connectivity index (χ3v) is 3.65. The summed E-state index contributed by atoms with van der Waals surface area (Å²) in [7, 11) is 0. The van der Waals surface area contributed by atoms with E-state index >= 15 is 0 Å². The molecule has 0 aromatic heterocycles. The molecular weight excluding hydrogens is 148 g/mol. The molecule has 0 amide bonds.